The Morgan fingerprint density at radius 1 is 0.333 bits per heavy atom. The van der Waals surface area contributed by atoms with Crippen LogP contribution in [0.4, 0.5) is 0 Å². The molecule has 358 valence electrons. The smallest absolute Gasteiger partial charge is 0.306 e. The van der Waals surface area contributed by atoms with Crippen LogP contribution in [-0.4, -0.2) is 37.2 Å². The lowest BCUT2D eigenvalue weighted by molar-refractivity contribution is -0.167. The van der Waals surface area contributed by atoms with Crippen molar-refractivity contribution in [2.24, 2.45) is 0 Å². The van der Waals surface area contributed by atoms with Gasteiger partial charge in [0.1, 0.15) is 13.2 Å². The molecule has 6 heteroatoms. The topological polar surface area (TPSA) is 78.9 Å². The molecule has 0 fully saturated rings. The number of allylic oxidation sites excluding steroid dienone is 16. The maximum absolute atomic E-state index is 12.8. The third kappa shape index (κ3) is 49.2. The van der Waals surface area contributed by atoms with Crippen LogP contribution in [0.25, 0.3) is 0 Å². The highest BCUT2D eigenvalue weighted by molar-refractivity contribution is 5.71. The second kappa shape index (κ2) is 51.0. The Kier molecular flexibility index (Phi) is 48.0. The molecule has 0 bridgehead atoms. The van der Waals surface area contributed by atoms with Crippen LogP contribution < -0.4 is 0 Å². The van der Waals surface area contributed by atoms with Crippen molar-refractivity contribution in [1.29, 1.82) is 0 Å². The highest BCUT2D eigenvalue weighted by Crippen LogP contribution is 2.15. The summed E-state index contributed by atoms with van der Waals surface area (Å²) in [7, 11) is 0. The highest BCUT2D eigenvalue weighted by Gasteiger charge is 2.19. The SMILES string of the molecule is CC/C=C/C=C/C=C/C=C/C=C/CCCCCC(=O)OC(COC(=O)CCCCCCC/C=C/C=C/C=C/CC)COC(=O)CCCCCCCCCCCCCCCCCCC. The van der Waals surface area contributed by atoms with E-state index in [2.05, 4.69) is 69.4 Å². The molecule has 0 spiro atoms. The fourth-order valence-corrected chi connectivity index (χ4v) is 6.93. The van der Waals surface area contributed by atoms with Crippen LogP contribution >= 0.6 is 0 Å². The molecule has 0 aromatic rings. The Bertz CT molecular complexity index is 1280. The highest BCUT2D eigenvalue weighted by atomic mass is 16.6. The van der Waals surface area contributed by atoms with E-state index in [-0.39, 0.29) is 37.5 Å². The summed E-state index contributed by atoms with van der Waals surface area (Å²) in [4.78, 5) is 38.0. The maximum atomic E-state index is 12.8. The molecule has 1 unspecified atom stereocenters. The number of ether oxygens (including phenoxy) is 3. The van der Waals surface area contributed by atoms with Crippen molar-refractivity contribution in [1.82, 2.24) is 0 Å². The second-order valence-electron chi connectivity index (χ2n) is 16.9. The minimum Gasteiger partial charge on any atom is -0.462 e. The number of carbonyl (C=O) groups is 3. The summed E-state index contributed by atoms with van der Waals surface area (Å²) in [6.07, 6.45) is 66.8. The molecule has 0 aliphatic rings. The van der Waals surface area contributed by atoms with Gasteiger partial charge < -0.3 is 14.2 Å². The molecule has 0 radical (unpaired) electrons. The monoisotopic (exact) mass is 875 g/mol. The third-order valence-corrected chi connectivity index (χ3v) is 10.8. The lowest BCUT2D eigenvalue weighted by atomic mass is 10.0. The van der Waals surface area contributed by atoms with E-state index in [9.17, 15) is 14.4 Å². The van der Waals surface area contributed by atoms with E-state index in [4.69, 9.17) is 14.2 Å². The Labute approximate surface area is 387 Å². The number of carbonyl (C=O) groups excluding carboxylic acids is 3. The Morgan fingerprint density at radius 3 is 0.984 bits per heavy atom. The lowest BCUT2D eigenvalue weighted by Gasteiger charge is -2.18. The largest absolute Gasteiger partial charge is 0.462 e. The van der Waals surface area contributed by atoms with E-state index in [0.717, 1.165) is 89.9 Å². The Balaban J connectivity index is 4.46. The van der Waals surface area contributed by atoms with E-state index in [1.165, 1.54) is 89.9 Å². The van der Waals surface area contributed by atoms with Crippen LogP contribution in [0.5, 0.6) is 0 Å². The van der Waals surface area contributed by atoms with E-state index < -0.39 is 6.10 Å². The quantitative estimate of drug-likeness (QED) is 0.0262. The average molecular weight is 875 g/mol. The van der Waals surface area contributed by atoms with Crippen molar-refractivity contribution in [3.05, 3.63) is 97.2 Å². The summed E-state index contributed by atoms with van der Waals surface area (Å²) < 4.78 is 16.7. The summed E-state index contributed by atoms with van der Waals surface area (Å²) in [5.41, 5.74) is 0. The normalized spacial score (nSPS) is 12.9. The van der Waals surface area contributed by atoms with Gasteiger partial charge in [0.2, 0.25) is 0 Å². The van der Waals surface area contributed by atoms with Crippen molar-refractivity contribution in [2.45, 2.75) is 232 Å². The number of esters is 3. The Hall–Kier alpha value is -3.67. The molecule has 0 rings (SSSR count). The van der Waals surface area contributed by atoms with E-state index in [0.29, 0.717) is 19.3 Å². The van der Waals surface area contributed by atoms with Crippen LogP contribution in [0.15, 0.2) is 97.2 Å². The maximum Gasteiger partial charge on any atom is 0.306 e. The summed E-state index contributed by atoms with van der Waals surface area (Å²) in [6.45, 7) is 6.31. The molecule has 6 nitrogen and oxygen atoms in total. The van der Waals surface area contributed by atoms with Crippen LogP contribution in [0.2, 0.25) is 0 Å². The van der Waals surface area contributed by atoms with Gasteiger partial charge in [-0.25, -0.2) is 0 Å². The fraction of sp³-hybridized carbons (Fsp3) is 0.667. The lowest BCUT2D eigenvalue weighted by Crippen LogP contribution is -2.30. The molecule has 1 atom stereocenters. The third-order valence-electron chi connectivity index (χ3n) is 10.8. The number of hydrogen-bond acceptors (Lipinski definition) is 6. The van der Waals surface area contributed by atoms with Crippen LogP contribution in [0.1, 0.15) is 226 Å². The molecule has 0 N–H and O–H groups in total. The van der Waals surface area contributed by atoms with Gasteiger partial charge in [0.15, 0.2) is 6.10 Å². The predicted octanol–water partition coefficient (Wildman–Crippen LogP) is 17.0. The van der Waals surface area contributed by atoms with Crippen molar-refractivity contribution in [2.75, 3.05) is 13.2 Å². The van der Waals surface area contributed by atoms with E-state index in [1.807, 2.05) is 48.6 Å². The van der Waals surface area contributed by atoms with Gasteiger partial charge in [-0.15, -0.1) is 0 Å². The summed E-state index contributed by atoms with van der Waals surface area (Å²) in [6, 6.07) is 0. The Morgan fingerprint density at radius 2 is 0.619 bits per heavy atom. The first-order valence-corrected chi connectivity index (χ1v) is 25.8. The van der Waals surface area contributed by atoms with Gasteiger partial charge in [-0.05, 0) is 57.8 Å². The van der Waals surface area contributed by atoms with Gasteiger partial charge >= 0.3 is 17.9 Å². The van der Waals surface area contributed by atoms with Gasteiger partial charge in [0, 0.05) is 19.3 Å². The molecule has 0 heterocycles. The molecule has 0 aromatic carbocycles. The zero-order chi connectivity index (χ0) is 45.8. The zero-order valence-electron chi connectivity index (χ0n) is 40.8. The average Bonchev–Trinajstić information content (AvgIpc) is 3.28. The summed E-state index contributed by atoms with van der Waals surface area (Å²) in [5, 5.41) is 0. The fourth-order valence-electron chi connectivity index (χ4n) is 6.93. The van der Waals surface area contributed by atoms with Crippen molar-refractivity contribution >= 4 is 17.9 Å². The summed E-state index contributed by atoms with van der Waals surface area (Å²) >= 11 is 0. The van der Waals surface area contributed by atoms with Gasteiger partial charge in [-0.2, -0.15) is 0 Å². The van der Waals surface area contributed by atoms with Crippen molar-refractivity contribution in [3.8, 4) is 0 Å². The standard InChI is InChI=1S/C57H94O6/c1-4-7-10-13-16-19-22-25-27-28-30-32-35-38-41-44-47-50-56(59)62-53-54(52-61-55(58)49-46-43-40-37-34-31-24-21-18-15-12-9-6-3)63-57(60)51-48-45-42-39-36-33-29-26-23-20-17-14-11-8-5-2/h8-9,11-12,14-15,17-18,20-21,23-24,26,29,33,36,54H,4-7,10,13,16,19,22,25,27-28,30-32,34-35,37-53H2,1-3H3/b11-8+,12-9+,17-14+,18-15+,23-20+,24-21+,29-26+,36-33+. The minimum absolute atomic E-state index is 0.101. The number of rotatable bonds is 45. The van der Waals surface area contributed by atoms with E-state index >= 15 is 0 Å². The molecule has 0 aliphatic heterocycles. The molecule has 63 heavy (non-hydrogen) atoms. The predicted molar refractivity (Wildman–Crippen MR) is 270 cm³/mol. The van der Waals surface area contributed by atoms with Gasteiger partial charge in [0.25, 0.3) is 0 Å². The van der Waals surface area contributed by atoms with Crippen LogP contribution in [0.3, 0.4) is 0 Å². The zero-order valence-corrected chi connectivity index (χ0v) is 40.8. The molecule has 0 aromatic heterocycles. The minimum atomic E-state index is -0.807. The molecule has 0 saturated carbocycles. The van der Waals surface area contributed by atoms with E-state index in [1.54, 1.807) is 0 Å². The molecule has 0 amide bonds. The van der Waals surface area contributed by atoms with Crippen LogP contribution in [0, 0.1) is 0 Å². The number of unbranched alkanes of at least 4 members (excludes halogenated alkanes) is 24. The van der Waals surface area contributed by atoms with Gasteiger partial charge in [-0.1, -0.05) is 246 Å². The summed E-state index contributed by atoms with van der Waals surface area (Å²) in [5.74, 6) is -0.965. The molecular weight excluding hydrogens is 781 g/mol. The molecule has 0 aliphatic carbocycles. The van der Waals surface area contributed by atoms with Gasteiger partial charge in [0.05, 0.1) is 0 Å². The molecule has 0 saturated heterocycles. The van der Waals surface area contributed by atoms with Crippen molar-refractivity contribution in [3.63, 3.8) is 0 Å². The second-order valence-corrected chi connectivity index (χ2v) is 16.9. The van der Waals surface area contributed by atoms with Crippen LogP contribution in [-0.2, 0) is 28.6 Å². The number of hydrogen-bond donors (Lipinski definition) is 0. The first kappa shape index (κ1) is 59.3. The van der Waals surface area contributed by atoms with Crippen molar-refractivity contribution < 1.29 is 28.6 Å². The first-order chi connectivity index (χ1) is 31.0. The van der Waals surface area contributed by atoms with Gasteiger partial charge in [-0.3, -0.25) is 14.4 Å². The molecular formula is C57H94O6. The first-order valence-electron chi connectivity index (χ1n) is 25.8.